The summed E-state index contributed by atoms with van der Waals surface area (Å²) in [4.78, 5) is 22.6. The van der Waals surface area contributed by atoms with E-state index in [1.54, 1.807) is 13.0 Å². The van der Waals surface area contributed by atoms with Crippen molar-refractivity contribution < 1.29 is 14.3 Å². The number of hydrogen-bond donors (Lipinski definition) is 1. The Morgan fingerprint density at radius 2 is 2.00 bits per heavy atom. The van der Waals surface area contributed by atoms with Gasteiger partial charge in [-0.3, -0.25) is 4.79 Å². The predicted octanol–water partition coefficient (Wildman–Crippen LogP) is 2.75. The number of halogens is 1. The maximum Gasteiger partial charge on any atom is 0.330 e. The van der Waals surface area contributed by atoms with Gasteiger partial charge in [-0.2, -0.15) is 0 Å². The monoisotopic (exact) mass is 325 g/mol. The summed E-state index contributed by atoms with van der Waals surface area (Å²) in [6.45, 7) is 3.30. The average Bonchev–Trinajstić information content (AvgIpc) is 2.37. The lowest BCUT2D eigenvalue weighted by atomic mass is 10.1. The van der Waals surface area contributed by atoms with Crippen molar-refractivity contribution in [2.45, 2.75) is 19.9 Å². The fraction of sp³-hybridized carbons (Fsp3) is 0.286. The van der Waals surface area contributed by atoms with E-state index in [0.29, 0.717) is 0 Å². The van der Waals surface area contributed by atoms with E-state index in [4.69, 9.17) is 4.74 Å². The smallest absolute Gasteiger partial charge is 0.330 e. The lowest BCUT2D eigenvalue weighted by molar-refractivity contribution is -0.144. The van der Waals surface area contributed by atoms with Gasteiger partial charge in [0, 0.05) is 10.5 Å². The van der Waals surface area contributed by atoms with Crippen molar-refractivity contribution in [2.75, 3.05) is 6.61 Å². The van der Waals surface area contributed by atoms with Crippen LogP contribution in [0.25, 0.3) is 0 Å². The van der Waals surface area contributed by atoms with Gasteiger partial charge in [-0.1, -0.05) is 34.1 Å². The number of ether oxygens (including phenoxy) is 1. The van der Waals surface area contributed by atoms with Crippen LogP contribution in [0.5, 0.6) is 0 Å². The molecular weight excluding hydrogens is 310 g/mol. The van der Waals surface area contributed by atoms with E-state index in [9.17, 15) is 9.59 Å². The molecule has 0 heterocycles. The number of carbonyl (C=O) groups excluding carboxylic acids is 2. The Kier molecular flexibility index (Phi) is 6.29. The fourth-order valence-corrected chi connectivity index (χ4v) is 1.70. The van der Waals surface area contributed by atoms with Crippen LogP contribution in [0, 0.1) is 0 Å². The SMILES string of the molecule is C/C=C/C(=O)OCC(=O)N[C@@H](C)c1ccc(Br)cc1. The molecule has 0 spiro atoms. The summed E-state index contributed by atoms with van der Waals surface area (Å²) in [5.74, 6) is -0.845. The molecule has 1 N–H and O–H groups in total. The van der Waals surface area contributed by atoms with Crippen molar-refractivity contribution in [3.05, 3.63) is 46.5 Å². The highest BCUT2D eigenvalue weighted by Gasteiger charge is 2.10. The molecule has 0 fully saturated rings. The Bertz CT molecular complexity index is 468. The number of benzene rings is 1. The van der Waals surface area contributed by atoms with Gasteiger partial charge in [-0.25, -0.2) is 4.79 Å². The number of amides is 1. The van der Waals surface area contributed by atoms with Crippen molar-refractivity contribution in [2.24, 2.45) is 0 Å². The molecule has 0 saturated heterocycles. The molecule has 0 radical (unpaired) electrons. The normalized spacial score (nSPS) is 12.2. The van der Waals surface area contributed by atoms with Gasteiger partial charge in [0.15, 0.2) is 6.61 Å². The molecule has 0 saturated carbocycles. The third-order valence-corrected chi connectivity index (χ3v) is 2.92. The predicted molar refractivity (Wildman–Crippen MR) is 76.5 cm³/mol. The molecule has 1 atom stereocenters. The minimum Gasteiger partial charge on any atom is -0.452 e. The van der Waals surface area contributed by atoms with Crippen molar-refractivity contribution in [3.8, 4) is 0 Å². The van der Waals surface area contributed by atoms with Crippen LogP contribution in [0.4, 0.5) is 0 Å². The van der Waals surface area contributed by atoms with Gasteiger partial charge in [0.05, 0.1) is 6.04 Å². The highest BCUT2D eigenvalue weighted by molar-refractivity contribution is 9.10. The number of hydrogen-bond acceptors (Lipinski definition) is 3. The summed E-state index contributed by atoms with van der Waals surface area (Å²) in [6, 6.07) is 7.51. The molecular formula is C14H16BrNO3. The lowest BCUT2D eigenvalue weighted by Gasteiger charge is -2.14. The Balaban J connectivity index is 2.43. The van der Waals surface area contributed by atoms with Crippen LogP contribution in [0.15, 0.2) is 40.9 Å². The molecule has 0 unspecified atom stereocenters. The summed E-state index contributed by atoms with van der Waals surface area (Å²) in [7, 11) is 0. The van der Waals surface area contributed by atoms with E-state index in [2.05, 4.69) is 21.2 Å². The van der Waals surface area contributed by atoms with Crippen LogP contribution in [-0.4, -0.2) is 18.5 Å². The molecule has 1 aromatic carbocycles. The average molecular weight is 326 g/mol. The summed E-state index contributed by atoms with van der Waals surface area (Å²) >= 11 is 3.35. The molecule has 102 valence electrons. The van der Waals surface area contributed by atoms with Crippen LogP contribution >= 0.6 is 15.9 Å². The van der Waals surface area contributed by atoms with E-state index in [-0.39, 0.29) is 18.6 Å². The number of carbonyl (C=O) groups is 2. The Morgan fingerprint density at radius 1 is 1.37 bits per heavy atom. The second-order valence-electron chi connectivity index (χ2n) is 3.95. The molecule has 1 aromatic rings. The molecule has 1 rings (SSSR count). The van der Waals surface area contributed by atoms with Crippen LogP contribution < -0.4 is 5.32 Å². The first-order valence-corrected chi connectivity index (χ1v) is 6.66. The van der Waals surface area contributed by atoms with Crippen LogP contribution in [0.2, 0.25) is 0 Å². The second-order valence-corrected chi connectivity index (χ2v) is 4.86. The largest absolute Gasteiger partial charge is 0.452 e. The van der Waals surface area contributed by atoms with Gasteiger partial charge in [0.1, 0.15) is 0 Å². The third kappa shape index (κ3) is 5.70. The van der Waals surface area contributed by atoms with Crippen molar-refractivity contribution in [3.63, 3.8) is 0 Å². The van der Waals surface area contributed by atoms with Gasteiger partial charge in [-0.15, -0.1) is 0 Å². The highest BCUT2D eigenvalue weighted by atomic mass is 79.9. The first-order chi connectivity index (χ1) is 9.02. The molecule has 5 heteroatoms. The van der Waals surface area contributed by atoms with E-state index >= 15 is 0 Å². The molecule has 0 aliphatic heterocycles. The van der Waals surface area contributed by atoms with Gasteiger partial charge in [0.25, 0.3) is 5.91 Å². The van der Waals surface area contributed by atoms with E-state index in [1.165, 1.54) is 6.08 Å². The van der Waals surface area contributed by atoms with E-state index in [0.717, 1.165) is 10.0 Å². The molecule has 19 heavy (non-hydrogen) atoms. The Hall–Kier alpha value is -1.62. The van der Waals surface area contributed by atoms with Crippen LogP contribution in [0.3, 0.4) is 0 Å². The standard InChI is InChI=1S/C14H16BrNO3/c1-3-4-14(18)19-9-13(17)16-10(2)11-5-7-12(15)8-6-11/h3-8,10H,9H2,1-2H3,(H,16,17)/b4-3+/t10-/m0/s1. The van der Waals surface area contributed by atoms with Crippen molar-refractivity contribution in [1.82, 2.24) is 5.32 Å². The maximum atomic E-state index is 11.6. The molecule has 1 amide bonds. The maximum absolute atomic E-state index is 11.6. The topological polar surface area (TPSA) is 55.4 Å². The zero-order chi connectivity index (χ0) is 14.3. The molecule has 0 aliphatic rings. The number of rotatable bonds is 5. The first-order valence-electron chi connectivity index (χ1n) is 5.87. The van der Waals surface area contributed by atoms with Gasteiger partial charge < -0.3 is 10.1 Å². The summed E-state index contributed by atoms with van der Waals surface area (Å²) in [5.41, 5.74) is 0.983. The van der Waals surface area contributed by atoms with Crippen molar-refractivity contribution in [1.29, 1.82) is 0 Å². The van der Waals surface area contributed by atoms with E-state index in [1.807, 2.05) is 31.2 Å². The Morgan fingerprint density at radius 3 is 2.58 bits per heavy atom. The fourth-order valence-electron chi connectivity index (χ4n) is 1.44. The minimum atomic E-state index is -0.519. The quantitative estimate of drug-likeness (QED) is 0.669. The Labute approximate surface area is 121 Å². The zero-order valence-electron chi connectivity index (χ0n) is 10.9. The molecule has 4 nitrogen and oxygen atoms in total. The molecule has 0 aliphatic carbocycles. The molecule has 0 bridgehead atoms. The number of esters is 1. The first kappa shape index (κ1) is 15.4. The third-order valence-electron chi connectivity index (χ3n) is 2.40. The highest BCUT2D eigenvalue weighted by Crippen LogP contribution is 2.16. The zero-order valence-corrected chi connectivity index (χ0v) is 12.4. The van der Waals surface area contributed by atoms with Crippen molar-refractivity contribution >= 4 is 27.8 Å². The van der Waals surface area contributed by atoms with Crippen LogP contribution in [-0.2, 0) is 14.3 Å². The minimum absolute atomic E-state index is 0.138. The van der Waals surface area contributed by atoms with Gasteiger partial charge in [-0.05, 0) is 31.5 Å². The van der Waals surface area contributed by atoms with Crippen LogP contribution in [0.1, 0.15) is 25.5 Å². The van der Waals surface area contributed by atoms with Gasteiger partial charge >= 0.3 is 5.97 Å². The summed E-state index contributed by atoms with van der Waals surface area (Å²) < 4.78 is 5.74. The van der Waals surface area contributed by atoms with E-state index < -0.39 is 5.97 Å². The second kappa shape index (κ2) is 7.74. The van der Waals surface area contributed by atoms with Gasteiger partial charge in [0.2, 0.25) is 0 Å². The number of allylic oxidation sites excluding steroid dienone is 1. The summed E-state index contributed by atoms with van der Waals surface area (Å²) in [5, 5.41) is 2.76. The summed E-state index contributed by atoms with van der Waals surface area (Å²) in [6.07, 6.45) is 2.83. The number of nitrogens with one attached hydrogen (secondary N) is 1. The lowest BCUT2D eigenvalue weighted by Crippen LogP contribution is -2.30. The molecule has 0 aromatic heterocycles.